The van der Waals surface area contributed by atoms with E-state index in [2.05, 4.69) is 91.7 Å². The Morgan fingerprint density at radius 3 is 0.831 bits per heavy atom. The Hall–Kier alpha value is 1.30. The van der Waals surface area contributed by atoms with Crippen molar-refractivity contribution in [3.63, 3.8) is 0 Å². The third-order valence-electron chi connectivity index (χ3n) is 15.8. The van der Waals surface area contributed by atoms with Gasteiger partial charge in [-0.1, -0.05) is 0 Å². The average molecular weight is 1050 g/mol. The van der Waals surface area contributed by atoms with Crippen molar-refractivity contribution >= 4 is 68.0 Å². The van der Waals surface area contributed by atoms with E-state index in [1.165, 1.54) is 64.2 Å². The van der Waals surface area contributed by atoms with Crippen molar-refractivity contribution in [2.45, 2.75) is 267 Å². The van der Waals surface area contributed by atoms with Crippen molar-refractivity contribution < 1.29 is 47.8 Å². The number of epoxide rings is 4. The van der Waals surface area contributed by atoms with Gasteiger partial charge in [-0.3, -0.25) is 0 Å². The van der Waals surface area contributed by atoms with Gasteiger partial charge in [0.2, 0.25) is 0 Å². The van der Waals surface area contributed by atoms with E-state index in [0.717, 1.165) is 62.7 Å². The Bertz CT molecular complexity index is 1620. The van der Waals surface area contributed by atoms with Crippen LogP contribution < -0.4 is 0 Å². The van der Waals surface area contributed by atoms with Crippen molar-refractivity contribution in [1.29, 1.82) is 0 Å². The first-order valence-electron chi connectivity index (χ1n) is 26.7. The molecule has 8 aliphatic rings. The molecule has 19 heteroatoms. The van der Waals surface area contributed by atoms with Crippen LogP contribution in [0.15, 0.2) is 0 Å². The maximum Gasteiger partial charge on any atom is 0.317 e. The molecule has 8 fully saturated rings. The fourth-order valence-electron chi connectivity index (χ4n) is 13.3. The highest BCUT2D eigenvalue weighted by atomic mass is 28.5. The molecule has 16 atom stereocenters. The number of ether oxygens (including phenoxy) is 4. The lowest BCUT2D eigenvalue weighted by Crippen LogP contribution is -2.64. The summed E-state index contributed by atoms with van der Waals surface area (Å²) in [7, 11) is -20.7. The lowest BCUT2D eigenvalue weighted by Gasteiger charge is -2.48. The minimum atomic E-state index is -3.01. The molecule has 4 saturated heterocycles. The molecule has 4 heterocycles. The normalized spacial score (nSPS) is 38.1. The van der Waals surface area contributed by atoms with Crippen LogP contribution in [-0.2, 0) is 47.8 Å². The maximum atomic E-state index is 8.12. The second-order valence-electron chi connectivity index (χ2n) is 26.0. The predicted octanol–water partition coefficient (Wildman–Crippen LogP) is 12.3. The van der Waals surface area contributed by atoms with E-state index in [-0.39, 0.29) is 0 Å². The van der Waals surface area contributed by atoms with Crippen molar-refractivity contribution in [2.75, 3.05) is 0 Å². The van der Waals surface area contributed by atoms with Crippen LogP contribution >= 0.6 is 0 Å². The molecule has 16 unspecified atom stereocenters. The van der Waals surface area contributed by atoms with Crippen LogP contribution in [0.1, 0.15) is 103 Å². The van der Waals surface area contributed by atoms with E-state index in [9.17, 15) is 0 Å². The van der Waals surface area contributed by atoms with E-state index >= 15 is 0 Å². The van der Waals surface area contributed by atoms with Crippen molar-refractivity contribution in [2.24, 2.45) is 23.7 Å². The molecular weight excluding hydrogens is 953 g/mol. The van der Waals surface area contributed by atoms with Gasteiger partial charge in [0, 0.05) is 0 Å². The van der Waals surface area contributed by atoms with Crippen molar-refractivity contribution in [3.05, 3.63) is 0 Å². The SMILES string of the molecule is C[Si](C)(C)O[Si](C)(C)O[Si](C)(C)O[Si](C)(CCC1CCC2OC2C1)O[Si](C)(CCC1CCC2OC2C1)O[Si](C)(CCC1CCC2OC2C1)O[Si](C)(CCC1CCC2OC2C1)O[Si](C)(C)C. The molecule has 0 radical (unpaired) electrons. The summed E-state index contributed by atoms with van der Waals surface area (Å²) in [6.45, 7) is 32.4. The molecule has 0 bridgehead atoms. The summed E-state index contributed by atoms with van der Waals surface area (Å²) in [4.78, 5) is 0. The van der Waals surface area contributed by atoms with Crippen molar-refractivity contribution in [3.8, 4) is 0 Å². The standard InChI is InChI=1S/C46H94O11Si8/c1-58(2,3)51-60(7,8)53-61(9,10)54-63(12,28-24-36-16-20-40-44(32-36)48-40)56-65(14,30-26-38-18-22-42-46(34-38)50-42)57-64(13,29-25-37-17-21-41-45(33-37)49-41)55-62(11,52-59(4,5)6)27-23-35-15-19-39-43(31-35)47-39/h35-46H,15-34H2,1-14H3. The Balaban J connectivity index is 1.08. The summed E-state index contributed by atoms with van der Waals surface area (Å²) in [5.74, 6) is 2.58. The lowest BCUT2D eigenvalue weighted by atomic mass is 9.88. The van der Waals surface area contributed by atoms with Gasteiger partial charge < -0.3 is 47.8 Å². The molecule has 376 valence electrons. The summed E-state index contributed by atoms with van der Waals surface area (Å²) >= 11 is 0. The molecule has 4 aliphatic heterocycles. The minimum Gasteiger partial charge on any atom is -0.437 e. The van der Waals surface area contributed by atoms with E-state index in [0.29, 0.717) is 72.5 Å². The topological polar surface area (TPSA) is 115 Å². The molecule has 11 nitrogen and oxygen atoms in total. The Morgan fingerprint density at radius 2 is 0.554 bits per heavy atom. The Labute approximate surface area is 404 Å². The van der Waals surface area contributed by atoms with Gasteiger partial charge in [-0.2, -0.15) is 0 Å². The number of fused-ring (bicyclic) bond motifs is 4. The smallest absolute Gasteiger partial charge is 0.317 e. The van der Waals surface area contributed by atoms with E-state index in [1.54, 1.807) is 0 Å². The van der Waals surface area contributed by atoms with Gasteiger partial charge in [0.05, 0.1) is 48.8 Å². The van der Waals surface area contributed by atoms with E-state index < -0.39 is 68.0 Å². The molecule has 65 heavy (non-hydrogen) atoms. The highest BCUT2D eigenvalue weighted by Gasteiger charge is 2.56. The zero-order valence-electron chi connectivity index (χ0n) is 43.6. The number of rotatable bonds is 26. The summed E-state index contributed by atoms with van der Waals surface area (Å²) in [6.07, 6.45) is 22.7. The minimum absolute atomic E-state index is 0.451. The number of hydrogen-bond acceptors (Lipinski definition) is 11. The molecule has 0 aromatic carbocycles. The van der Waals surface area contributed by atoms with Crippen molar-refractivity contribution in [1.82, 2.24) is 0 Å². The maximum absolute atomic E-state index is 8.12. The van der Waals surface area contributed by atoms with E-state index in [1.807, 2.05) is 0 Å². The third-order valence-corrected chi connectivity index (χ3v) is 47.2. The fraction of sp³-hybridized carbons (Fsp3) is 1.00. The molecule has 8 rings (SSSR count). The quantitative estimate of drug-likeness (QED) is 0.0609. The van der Waals surface area contributed by atoms with Gasteiger partial charge in [0.25, 0.3) is 0 Å². The van der Waals surface area contributed by atoms with Gasteiger partial charge in [0.1, 0.15) is 0 Å². The highest BCUT2D eigenvalue weighted by molar-refractivity contribution is 6.93. The predicted molar refractivity (Wildman–Crippen MR) is 277 cm³/mol. The second-order valence-corrected chi connectivity index (χ2v) is 56.8. The third kappa shape index (κ3) is 16.1. The van der Waals surface area contributed by atoms with Gasteiger partial charge in [0.15, 0.2) is 16.6 Å². The zero-order chi connectivity index (χ0) is 46.8. The monoisotopic (exact) mass is 1050 g/mol. The molecule has 0 spiro atoms. The first-order chi connectivity index (χ1) is 30.1. The van der Waals surface area contributed by atoms with E-state index in [4.69, 9.17) is 47.8 Å². The molecule has 4 aliphatic carbocycles. The summed E-state index contributed by atoms with van der Waals surface area (Å²) < 4.78 is 77.2. The Kier molecular flexibility index (Phi) is 16.2. The fourth-order valence-corrected chi connectivity index (χ4v) is 54.4. The largest absolute Gasteiger partial charge is 0.437 e. The average Bonchev–Trinajstić information content (AvgIpc) is 3.98. The first kappa shape index (κ1) is 52.6. The second kappa shape index (κ2) is 20.0. The van der Waals surface area contributed by atoms with Crippen LogP contribution in [0.5, 0.6) is 0 Å². The van der Waals surface area contributed by atoms with Crippen LogP contribution in [0.3, 0.4) is 0 Å². The van der Waals surface area contributed by atoms with Gasteiger partial charge in [-0.05, 0) is 242 Å². The lowest BCUT2D eigenvalue weighted by molar-refractivity contribution is 0.241. The van der Waals surface area contributed by atoms with Crippen LogP contribution in [-0.4, -0.2) is 117 Å². The first-order valence-corrected chi connectivity index (χ1v) is 49.2. The van der Waals surface area contributed by atoms with Gasteiger partial charge >= 0.3 is 51.4 Å². The molecule has 0 aromatic heterocycles. The Morgan fingerprint density at radius 1 is 0.292 bits per heavy atom. The van der Waals surface area contributed by atoms with Gasteiger partial charge in [-0.25, -0.2) is 0 Å². The molecule has 0 N–H and O–H groups in total. The molecule has 0 aromatic rings. The van der Waals surface area contributed by atoms with Crippen LogP contribution in [0, 0.1) is 23.7 Å². The number of hydrogen-bond donors (Lipinski definition) is 0. The van der Waals surface area contributed by atoms with Crippen LogP contribution in [0.2, 0.25) is 116 Å². The summed E-state index contributed by atoms with van der Waals surface area (Å²) in [5, 5.41) is 0. The summed E-state index contributed by atoms with van der Waals surface area (Å²) in [6, 6.07) is 3.84. The van der Waals surface area contributed by atoms with Crippen LogP contribution in [0.4, 0.5) is 0 Å². The van der Waals surface area contributed by atoms with Gasteiger partial charge in [-0.15, -0.1) is 0 Å². The zero-order valence-corrected chi connectivity index (χ0v) is 51.6. The molecule has 0 amide bonds. The highest BCUT2D eigenvalue weighted by Crippen LogP contribution is 2.47. The molecule has 4 saturated carbocycles. The molecular formula is C46H94O11Si8. The summed E-state index contributed by atoms with van der Waals surface area (Å²) in [5.41, 5.74) is 0. The van der Waals surface area contributed by atoms with Crippen LogP contribution in [0.25, 0.3) is 0 Å².